The minimum atomic E-state index is -0.105. The molecule has 1 aliphatic heterocycles. The summed E-state index contributed by atoms with van der Waals surface area (Å²) in [6, 6.07) is 11.0. The van der Waals surface area contributed by atoms with Gasteiger partial charge in [-0.25, -0.2) is 0 Å². The first-order chi connectivity index (χ1) is 13.2. The highest BCUT2D eigenvalue weighted by molar-refractivity contribution is 7.99. The molecule has 1 saturated heterocycles. The summed E-state index contributed by atoms with van der Waals surface area (Å²) < 4.78 is 0. The third kappa shape index (κ3) is 4.98. The number of amides is 1. The molecule has 1 aromatic carbocycles. The normalized spacial score (nSPS) is 36.6. The quantitative estimate of drug-likeness (QED) is 0.623. The second-order valence-corrected chi connectivity index (χ2v) is 9.56. The van der Waals surface area contributed by atoms with Gasteiger partial charge in [-0.2, -0.15) is 11.8 Å². The van der Waals surface area contributed by atoms with E-state index in [1.165, 1.54) is 0 Å². The van der Waals surface area contributed by atoms with Gasteiger partial charge < -0.3 is 15.7 Å². The maximum atomic E-state index is 12.6. The number of aliphatic hydroxyl groups is 1. The molecule has 1 amide bonds. The highest BCUT2D eigenvalue weighted by Crippen LogP contribution is 2.32. The molecule has 0 radical (unpaired) electrons. The van der Waals surface area contributed by atoms with E-state index in [-0.39, 0.29) is 30.1 Å². The van der Waals surface area contributed by atoms with Crippen LogP contribution in [-0.4, -0.2) is 46.4 Å². The van der Waals surface area contributed by atoms with Crippen molar-refractivity contribution >= 4 is 23.4 Å². The fourth-order valence-corrected chi connectivity index (χ4v) is 5.93. The van der Waals surface area contributed by atoms with Crippen molar-refractivity contribution in [2.75, 3.05) is 11.1 Å². The first-order valence-electron chi connectivity index (χ1n) is 10.3. The molecule has 4 unspecified atom stereocenters. The van der Waals surface area contributed by atoms with E-state index in [0.29, 0.717) is 11.3 Å². The van der Waals surface area contributed by atoms with Gasteiger partial charge in [-0.3, -0.25) is 10.1 Å². The number of anilines is 1. The van der Waals surface area contributed by atoms with E-state index >= 15 is 0 Å². The van der Waals surface area contributed by atoms with Gasteiger partial charge in [-0.15, -0.1) is 0 Å². The molecule has 0 spiro atoms. The molecule has 3 fully saturated rings. The summed E-state index contributed by atoms with van der Waals surface area (Å²) >= 11 is 1.95. The van der Waals surface area contributed by atoms with Gasteiger partial charge in [0.15, 0.2) is 0 Å². The predicted octanol–water partition coefficient (Wildman–Crippen LogP) is 2.72. The predicted molar refractivity (Wildman–Crippen MR) is 111 cm³/mol. The number of rotatable bonds is 5. The highest BCUT2D eigenvalue weighted by Gasteiger charge is 2.40. The SMILES string of the molecule is O=C1NC(CSC2CCC(O)CC2)NC2CC(Nc3ccccc3)CCC12. The van der Waals surface area contributed by atoms with E-state index in [4.69, 9.17) is 0 Å². The number of aliphatic hydroxyl groups excluding tert-OH is 1. The fourth-order valence-electron chi connectivity index (χ4n) is 4.68. The summed E-state index contributed by atoms with van der Waals surface area (Å²) in [4.78, 5) is 12.6. The van der Waals surface area contributed by atoms with Crippen LogP contribution >= 0.6 is 11.8 Å². The van der Waals surface area contributed by atoms with Crippen molar-refractivity contribution in [1.82, 2.24) is 10.6 Å². The lowest BCUT2D eigenvalue weighted by atomic mass is 9.79. The number of carbonyl (C=O) groups excluding carboxylic acids is 1. The topological polar surface area (TPSA) is 73.4 Å². The molecule has 3 aliphatic rings. The Kier molecular flexibility index (Phi) is 6.25. The van der Waals surface area contributed by atoms with Gasteiger partial charge in [0.05, 0.1) is 18.2 Å². The summed E-state index contributed by atoms with van der Waals surface area (Å²) in [5.74, 6) is 1.23. The number of para-hydroxylation sites is 1. The monoisotopic (exact) mass is 389 g/mol. The van der Waals surface area contributed by atoms with Crippen LogP contribution in [0.4, 0.5) is 5.69 Å². The van der Waals surface area contributed by atoms with Crippen LogP contribution in [0.5, 0.6) is 0 Å². The Morgan fingerprint density at radius 2 is 1.85 bits per heavy atom. The number of nitrogens with one attached hydrogen (secondary N) is 3. The van der Waals surface area contributed by atoms with E-state index in [0.717, 1.165) is 56.4 Å². The minimum absolute atomic E-state index is 0.0612. The zero-order valence-electron chi connectivity index (χ0n) is 15.8. The summed E-state index contributed by atoms with van der Waals surface area (Å²) in [5, 5.41) is 20.8. The van der Waals surface area contributed by atoms with Gasteiger partial charge in [-0.05, 0) is 57.1 Å². The average molecular weight is 390 g/mol. The van der Waals surface area contributed by atoms with Gasteiger partial charge in [0, 0.05) is 28.8 Å². The highest BCUT2D eigenvalue weighted by atomic mass is 32.2. The molecule has 1 aromatic rings. The summed E-state index contributed by atoms with van der Waals surface area (Å²) in [6.45, 7) is 0. The van der Waals surface area contributed by atoms with Crippen LogP contribution in [0.25, 0.3) is 0 Å². The van der Waals surface area contributed by atoms with Crippen molar-refractivity contribution < 1.29 is 9.90 Å². The second kappa shape index (κ2) is 8.84. The number of benzene rings is 1. The van der Waals surface area contributed by atoms with Crippen LogP contribution in [0.15, 0.2) is 30.3 Å². The lowest BCUT2D eigenvalue weighted by Crippen LogP contribution is -2.64. The zero-order chi connectivity index (χ0) is 18.6. The Morgan fingerprint density at radius 3 is 2.63 bits per heavy atom. The average Bonchev–Trinajstić information content (AvgIpc) is 2.68. The molecule has 6 heteroatoms. The molecule has 4 N–H and O–H groups in total. The first kappa shape index (κ1) is 19.1. The largest absolute Gasteiger partial charge is 0.393 e. The molecule has 4 rings (SSSR count). The fraction of sp³-hybridized carbons (Fsp3) is 0.667. The van der Waals surface area contributed by atoms with Crippen molar-refractivity contribution in [1.29, 1.82) is 0 Å². The molecule has 2 aliphatic carbocycles. The number of hydrogen-bond acceptors (Lipinski definition) is 5. The Labute approximate surface area is 166 Å². The standard InChI is InChI=1S/C21H31N3O2S/c25-16-7-9-17(10-8-16)27-13-20-23-19-12-15(6-11-18(19)21(26)24-20)22-14-4-2-1-3-5-14/h1-5,15-20,22-23,25H,6-13H2,(H,24,26). The molecule has 2 saturated carbocycles. The second-order valence-electron chi connectivity index (χ2n) is 8.23. The van der Waals surface area contributed by atoms with Gasteiger partial charge >= 0.3 is 0 Å². The Bertz CT molecular complexity index is 621. The van der Waals surface area contributed by atoms with E-state index in [1.54, 1.807) is 0 Å². The number of hydrogen-bond donors (Lipinski definition) is 4. The molecule has 27 heavy (non-hydrogen) atoms. The molecule has 148 valence electrons. The maximum Gasteiger partial charge on any atom is 0.225 e. The van der Waals surface area contributed by atoms with Crippen LogP contribution in [0.2, 0.25) is 0 Å². The summed E-state index contributed by atoms with van der Waals surface area (Å²) in [7, 11) is 0. The van der Waals surface area contributed by atoms with Crippen LogP contribution in [0.1, 0.15) is 44.9 Å². The van der Waals surface area contributed by atoms with Gasteiger partial charge in [-0.1, -0.05) is 18.2 Å². The third-order valence-corrected chi connectivity index (χ3v) is 7.67. The van der Waals surface area contributed by atoms with E-state index < -0.39 is 0 Å². The summed E-state index contributed by atoms with van der Waals surface area (Å²) in [5.41, 5.74) is 1.16. The Hall–Kier alpha value is -1.24. The molecule has 0 bridgehead atoms. The van der Waals surface area contributed by atoms with Crippen LogP contribution in [-0.2, 0) is 4.79 Å². The number of thioether (sulfide) groups is 1. The van der Waals surface area contributed by atoms with Crippen molar-refractivity contribution in [2.45, 2.75) is 74.5 Å². The first-order valence-corrected chi connectivity index (χ1v) is 11.4. The van der Waals surface area contributed by atoms with E-state index in [1.807, 2.05) is 17.8 Å². The van der Waals surface area contributed by atoms with Gasteiger partial charge in [0.1, 0.15) is 0 Å². The van der Waals surface area contributed by atoms with E-state index in [9.17, 15) is 9.90 Å². The lowest BCUT2D eigenvalue weighted by molar-refractivity contribution is -0.130. The molecule has 1 heterocycles. The van der Waals surface area contributed by atoms with Crippen molar-refractivity contribution in [3.63, 3.8) is 0 Å². The molecular formula is C21H31N3O2S. The Morgan fingerprint density at radius 1 is 1.07 bits per heavy atom. The van der Waals surface area contributed by atoms with Crippen LogP contribution in [0, 0.1) is 5.92 Å². The number of fused-ring (bicyclic) bond motifs is 1. The van der Waals surface area contributed by atoms with Gasteiger partial charge in [0.2, 0.25) is 5.91 Å². The zero-order valence-corrected chi connectivity index (χ0v) is 16.6. The lowest BCUT2D eigenvalue weighted by Gasteiger charge is -2.43. The van der Waals surface area contributed by atoms with Crippen LogP contribution in [0.3, 0.4) is 0 Å². The Balaban J connectivity index is 1.28. The molecule has 5 nitrogen and oxygen atoms in total. The van der Waals surface area contributed by atoms with Gasteiger partial charge in [0.25, 0.3) is 0 Å². The maximum absolute atomic E-state index is 12.6. The van der Waals surface area contributed by atoms with E-state index in [2.05, 4.69) is 40.2 Å². The smallest absolute Gasteiger partial charge is 0.225 e. The molecule has 4 atom stereocenters. The molecular weight excluding hydrogens is 358 g/mol. The van der Waals surface area contributed by atoms with Crippen molar-refractivity contribution in [3.8, 4) is 0 Å². The van der Waals surface area contributed by atoms with Crippen molar-refractivity contribution in [3.05, 3.63) is 30.3 Å². The minimum Gasteiger partial charge on any atom is -0.393 e. The van der Waals surface area contributed by atoms with Crippen LogP contribution < -0.4 is 16.0 Å². The third-order valence-electron chi connectivity index (χ3n) is 6.21. The van der Waals surface area contributed by atoms with Crippen molar-refractivity contribution in [2.24, 2.45) is 5.92 Å². The number of carbonyl (C=O) groups is 1. The molecule has 0 aromatic heterocycles. The summed E-state index contributed by atoms with van der Waals surface area (Å²) in [6.07, 6.45) is 6.92.